The largest absolute Gasteiger partial charge is 0.386 e. The molecule has 1 aromatic rings. The molecule has 15 heavy (non-hydrogen) atoms. The highest BCUT2D eigenvalue weighted by Gasteiger charge is 2.27. The lowest BCUT2D eigenvalue weighted by atomic mass is 9.97. The van der Waals surface area contributed by atoms with E-state index in [1.165, 1.54) is 0 Å². The summed E-state index contributed by atoms with van der Waals surface area (Å²) in [5, 5.41) is 0. The lowest BCUT2D eigenvalue weighted by molar-refractivity contribution is -0.117. The number of amidine groups is 1. The molecule has 0 aromatic heterocycles. The molecule has 1 atom stereocenters. The van der Waals surface area contributed by atoms with E-state index in [0.29, 0.717) is 0 Å². The average molecular weight is 202 g/mol. The van der Waals surface area contributed by atoms with E-state index in [4.69, 9.17) is 11.5 Å². The van der Waals surface area contributed by atoms with Crippen molar-refractivity contribution in [2.45, 2.75) is 5.92 Å². The topological polar surface area (TPSA) is 93.8 Å². The monoisotopic (exact) mass is 202 g/mol. The van der Waals surface area contributed by atoms with Crippen molar-refractivity contribution in [1.29, 1.82) is 0 Å². The highest BCUT2D eigenvalue weighted by atomic mass is 16.1. The number of hydrogen-bond acceptors (Lipinski definition) is 4. The van der Waals surface area contributed by atoms with Gasteiger partial charge in [0.1, 0.15) is 11.8 Å². The molecule has 1 aromatic carbocycles. The second-order valence-corrected chi connectivity index (χ2v) is 3.19. The first kappa shape index (κ1) is 9.39. The first-order valence-corrected chi connectivity index (χ1v) is 4.45. The van der Waals surface area contributed by atoms with E-state index >= 15 is 0 Å². The molecule has 0 bridgehead atoms. The fourth-order valence-corrected chi connectivity index (χ4v) is 1.48. The zero-order chi connectivity index (χ0) is 10.8. The lowest BCUT2D eigenvalue weighted by Crippen LogP contribution is -2.34. The Morgan fingerprint density at radius 2 is 1.73 bits per heavy atom. The van der Waals surface area contributed by atoms with E-state index in [2.05, 4.69) is 9.98 Å². The highest BCUT2D eigenvalue weighted by molar-refractivity contribution is 6.17. The van der Waals surface area contributed by atoms with Crippen molar-refractivity contribution in [2.75, 3.05) is 0 Å². The van der Waals surface area contributed by atoms with Gasteiger partial charge in [0.25, 0.3) is 5.91 Å². The van der Waals surface area contributed by atoms with Gasteiger partial charge in [-0.1, -0.05) is 30.3 Å². The van der Waals surface area contributed by atoms with E-state index in [0.717, 1.165) is 5.56 Å². The van der Waals surface area contributed by atoms with Gasteiger partial charge in [-0.25, -0.2) is 0 Å². The van der Waals surface area contributed by atoms with Crippen LogP contribution in [0.5, 0.6) is 0 Å². The van der Waals surface area contributed by atoms with E-state index < -0.39 is 5.92 Å². The quantitative estimate of drug-likeness (QED) is 0.670. The summed E-state index contributed by atoms with van der Waals surface area (Å²) in [6, 6.07) is 9.14. The van der Waals surface area contributed by atoms with Crippen LogP contribution in [0.25, 0.3) is 0 Å². The van der Waals surface area contributed by atoms with Crippen molar-refractivity contribution in [3.8, 4) is 0 Å². The molecule has 5 heteroatoms. The van der Waals surface area contributed by atoms with Crippen LogP contribution in [-0.2, 0) is 4.79 Å². The summed E-state index contributed by atoms with van der Waals surface area (Å²) >= 11 is 0. The number of amides is 1. The predicted molar refractivity (Wildman–Crippen MR) is 57.4 cm³/mol. The molecule has 4 N–H and O–H groups in total. The Bertz CT molecular complexity index is 450. The van der Waals surface area contributed by atoms with Crippen molar-refractivity contribution in [3.05, 3.63) is 35.9 Å². The molecule has 5 nitrogen and oxygen atoms in total. The van der Waals surface area contributed by atoms with Gasteiger partial charge >= 0.3 is 0 Å². The SMILES string of the molecule is NC1=NC(=O)C(c2ccccc2)C(N)=N1. The van der Waals surface area contributed by atoms with Crippen LogP contribution >= 0.6 is 0 Å². The molecule has 76 valence electrons. The summed E-state index contributed by atoms with van der Waals surface area (Å²) in [7, 11) is 0. The number of nitrogens with zero attached hydrogens (tertiary/aromatic N) is 2. The minimum atomic E-state index is -0.599. The van der Waals surface area contributed by atoms with Gasteiger partial charge in [-0.2, -0.15) is 9.98 Å². The summed E-state index contributed by atoms with van der Waals surface area (Å²) in [5.74, 6) is -0.854. The molecular formula is C10H10N4O. The number of hydrogen-bond donors (Lipinski definition) is 2. The Balaban J connectivity index is 2.41. The maximum absolute atomic E-state index is 11.6. The highest BCUT2D eigenvalue weighted by Crippen LogP contribution is 2.19. The predicted octanol–water partition coefficient (Wildman–Crippen LogP) is -0.0177. The summed E-state index contributed by atoms with van der Waals surface area (Å²) in [6.45, 7) is 0. The van der Waals surface area contributed by atoms with E-state index in [-0.39, 0.29) is 17.7 Å². The number of nitrogens with two attached hydrogens (primary N) is 2. The molecule has 1 unspecified atom stereocenters. The molecule has 1 aliphatic rings. The van der Waals surface area contributed by atoms with Gasteiger partial charge in [0.2, 0.25) is 5.96 Å². The second kappa shape index (κ2) is 3.53. The Labute approximate surface area is 86.5 Å². The molecule has 1 aliphatic heterocycles. The minimum absolute atomic E-state index is 0.0790. The normalized spacial score (nSPS) is 20.8. The zero-order valence-electron chi connectivity index (χ0n) is 7.92. The molecule has 1 amide bonds. The average Bonchev–Trinajstić information content (AvgIpc) is 2.17. The van der Waals surface area contributed by atoms with Crippen LogP contribution < -0.4 is 11.5 Å². The van der Waals surface area contributed by atoms with Crippen LogP contribution in [-0.4, -0.2) is 17.7 Å². The number of guanidine groups is 1. The van der Waals surface area contributed by atoms with Gasteiger partial charge in [-0.15, -0.1) is 0 Å². The molecule has 0 radical (unpaired) electrons. The summed E-state index contributed by atoms with van der Waals surface area (Å²) in [6.07, 6.45) is 0. The molecule has 2 rings (SSSR count). The molecule has 0 saturated carbocycles. The smallest absolute Gasteiger partial charge is 0.264 e. The standard InChI is InChI=1S/C10H10N4O/c11-8-7(6-4-2-1-3-5-6)9(15)14-10(12)13-8/h1-5,7H,(H4,11,12,13,14,15). The van der Waals surface area contributed by atoms with Gasteiger partial charge in [-0.3, -0.25) is 4.79 Å². The molecule has 0 spiro atoms. The fraction of sp³-hybridized carbons (Fsp3) is 0.100. The van der Waals surface area contributed by atoms with Crippen LogP contribution in [0.15, 0.2) is 40.3 Å². The summed E-state index contributed by atoms with van der Waals surface area (Å²) in [5.41, 5.74) is 11.8. The van der Waals surface area contributed by atoms with E-state index in [1.54, 1.807) is 0 Å². The summed E-state index contributed by atoms with van der Waals surface area (Å²) < 4.78 is 0. The zero-order valence-corrected chi connectivity index (χ0v) is 7.92. The Hall–Kier alpha value is -2.17. The Morgan fingerprint density at radius 1 is 1.07 bits per heavy atom. The lowest BCUT2D eigenvalue weighted by Gasteiger charge is -2.16. The number of carbonyl (C=O) groups excluding carboxylic acids is 1. The van der Waals surface area contributed by atoms with E-state index in [9.17, 15) is 4.79 Å². The maximum Gasteiger partial charge on any atom is 0.264 e. The number of aliphatic imine (C=N–C) groups is 2. The van der Waals surface area contributed by atoms with Gasteiger partial charge < -0.3 is 11.5 Å². The first-order valence-electron chi connectivity index (χ1n) is 4.45. The van der Waals surface area contributed by atoms with Gasteiger partial charge in [0.15, 0.2) is 0 Å². The third kappa shape index (κ3) is 1.71. The third-order valence-electron chi connectivity index (χ3n) is 2.14. The summed E-state index contributed by atoms with van der Waals surface area (Å²) in [4.78, 5) is 19.0. The van der Waals surface area contributed by atoms with Crippen LogP contribution in [0.1, 0.15) is 11.5 Å². The first-order chi connectivity index (χ1) is 7.18. The van der Waals surface area contributed by atoms with Gasteiger partial charge in [0.05, 0.1) is 0 Å². The Morgan fingerprint density at radius 3 is 2.33 bits per heavy atom. The van der Waals surface area contributed by atoms with Crippen molar-refractivity contribution in [3.63, 3.8) is 0 Å². The third-order valence-corrected chi connectivity index (χ3v) is 2.14. The molecule has 1 heterocycles. The minimum Gasteiger partial charge on any atom is -0.386 e. The van der Waals surface area contributed by atoms with E-state index in [1.807, 2.05) is 30.3 Å². The number of rotatable bonds is 1. The number of benzene rings is 1. The van der Waals surface area contributed by atoms with Crippen LogP contribution in [0.4, 0.5) is 0 Å². The molecular weight excluding hydrogens is 192 g/mol. The van der Waals surface area contributed by atoms with Crippen molar-refractivity contribution >= 4 is 17.7 Å². The van der Waals surface area contributed by atoms with Crippen molar-refractivity contribution < 1.29 is 4.79 Å². The Kier molecular flexibility index (Phi) is 2.21. The fourth-order valence-electron chi connectivity index (χ4n) is 1.48. The van der Waals surface area contributed by atoms with Crippen LogP contribution in [0.3, 0.4) is 0 Å². The van der Waals surface area contributed by atoms with Crippen LogP contribution in [0.2, 0.25) is 0 Å². The molecule has 0 fully saturated rings. The van der Waals surface area contributed by atoms with Gasteiger partial charge in [0, 0.05) is 0 Å². The van der Waals surface area contributed by atoms with Crippen molar-refractivity contribution in [1.82, 2.24) is 0 Å². The van der Waals surface area contributed by atoms with Crippen LogP contribution in [0, 0.1) is 0 Å². The van der Waals surface area contributed by atoms with Gasteiger partial charge in [-0.05, 0) is 5.56 Å². The molecule has 0 aliphatic carbocycles. The molecule has 0 saturated heterocycles. The van der Waals surface area contributed by atoms with Crippen molar-refractivity contribution in [2.24, 2.45) is 21.5 Å². The number of carbonyl (C=O) groups is 1. The second-order valence-electron chi connectivity index (χ2n) is 3.19. The maximum atomic E-state index is 11.6.